The number of halogens is 1. The van der Waals surface area contributed by atoms with E-state index in [2.05, 4.69) is 5.32 Å². The van der Waals surface area contributed by atoms with Crippen LogP contribution in [-0.4, -0.2) is 36.0 Å². The number of urea groups is 1. The lowest BCUT2D eigenvalue weighted by molar-refractivity contribution is -0.129. The van der Waals surface area contributed by atoms with Crippen LogP contribution in [0.1, 0.15) is 32.1 Å². The number of carbonyl (C=O) groups is 2. The average molecular weight is 337 g/mol. The summed E-state index contributed by atoms with van der Waals surface area (Å²) in [7, 11) is 0. The van der Waals surface area contributed by atoms with Gasteiger partial charge in [0.2, 0.25) is 0 Å². The molecule has 2 fully saturated rings. The summed E-state index contributed by atoms with van der Waals surface area (Å²) in [5.41, 5.74) is 0. The van der Waals surface area contributed by atoms with Crippen molar-refractivity contribution in [3.63, 3.8) is 0 Å². The third-order valence-electron chi connectivity index (χ3n) is 4.59. The van der Waals surface area contributed by atoms with Gasteiger partial charge in [0, 0.05) is 0 Å². The Labute approximate surface area is 140 Å². The van der Waals surface area contributed by atoms with E-state index in [9.17, 15) is 9.59 Å². The molecule has 1 heterocycles. The minimum atomic E-state index is -0.358. The average Bonchev–Trinajstić information content (AvgIpc) is 2.85. The van der Waals surface area contributed by atoms with Gasteiger partial charge in [0.1, 0.15) is 18.4 Å². The van der Waals surface area contributed by atoms with Crippen molar-refractivity contribution in [3.05, 3.63) is 29.3 Å². The normalized spacial score (nSPS) is 22.3. The lowest BCUT2D eigenvalue weighted by Crippen LogP contribution is -2.38. The Hall–Kier alpha value is -1.75. The molecule has 0 bridgehead atoms. The van der Waals surface area contributed by atoms with Crippen molar-refractivity contribution in [2.24, 2.45) is 5.92 Å². The molecule has 3 amide bonds. The third kappa shape index (κ3) is 3.61. The molecule has 2 aliphatic rings. The van der Waals surface area contributed by atoms with Gasteiger partial charge in [-0.25, -0.2) is 4.79 Å². The van der Waals surface area contributed by atoms with Gasteiger partial charge in [-0.05, 0) is 30.9 Å². The van der Waals surface area contributed by atoms with Crippen molar-refractivity contribution in [1.82, 2.24) is 10.2 Å². The first-order valence-corrected chi connectivity index (χ1v) is 8.54. The Morgan fingerprint density at radius 3 is 2.65 bits per heavy atom. The fraction of sp³-hybridized carbons (Fsp3) is 0.529. The Morgan fingerprint density at radius 2 is 1.91 bits per heavy atom. The van der Waals surface area contributed by atoms with Gasteiger partial charge in [-0.3, -0.25) is 9.69 Å². The molecule has 23 heavy (non-hydrogen) atoms. The fourth-order valence-electron chi connectivity index (χ4n) is 3.35. The molecule has 1 aliphatic carbocycles. The number of hydrogen-bond acceptors (Lipinski definition) is 3. The maximum absolute atomic E-state index is 12.5. The molecule has 1 N–H and O–H groups in total. The van der Waals surface area contributed by atoms with Gasteiger partial charge in [-0.15, -0.1) is 0 Å². The Bertz CT molecular complexity index is 587. The van der Waals surface area contributed by atoms with Crippen molar-refractivity contribution in [1.29, 1.82) is 0 Å². The summed E-state index contributed by atoms with van der Waals surface area (Å²) in [6.45, 7) is 0.472. The van der Waals surface area contributed by atoms with E-state index in [0.29, 0.717) is 10.8 Å². The lowest BCUT2D eigenvalue weighted by Gasteiger charge is -2.25. The second-order valence-corrected chi connectivity index (χ2v) is 6.50. The number of rotatable bonds is 5. The highest BCUT2D eigenvalue weighted by Crippen LogP contribution is 2.29. The first-order valence-electron chi connectivity index (χ1n) is 8.16. The van der Waals surface area contributed by atoms with E-state index in [0.717, 1.165) is 25.7 Å². The molecule has 1 saturated carbocycles. The minimum absolute atomic E-state index is 0.121. The summed E-state index contributed by atoms with van der Waals surface area (Å²) in [4.78, 5) is 25.8. The smallest absolute Gasteiger partial charge is 0.324 e. The predicted molar refractivity (Wildman–Crippen MR) is 87.6 cm³/mol. The lowest BCUT2D eigenvalue weighted by atomic mass is 9.84. The fourth-order valence-corrected chi connectivity index (χ4v) is 3.54. The number of benzene rings is 1. The molecule has 3 rings (SSSR count). The summed E-state index contributed by atoms with van der Waals surface area (Å²) in [5.74, 6) is 0.712. The minimum Gasteiger partial charge on any atom is -0.490 e. The third-order valence-corrected chi connectivity index (χ3v) is 4.90. The SMILES string of the molecule is O=C1NC(C2CCCCC2)C(=O)N1CCOc1ccccc1Cl. The molecule has 124 valence electrons. The highest BCUT2D eigenvalue weighted by Gasteiger charge is 2.42. The zero-order valence-electron chi connectivity index (χ0n) is 13.0. The summed E-state index contributed by atoms with van der Waals surface area (Å²) < 4.78 is 5.57. The Balaban J connectivity index is 1.54. The van der Waals surface area contributed by atoms with Crippen LogP contribution in [0.15, 0.2) is 24.3 Å². The Kier molecular flexibility index (Phi) is 5.06. The van der Waals surface area contributed by atoms with E-state index in [-0.39, 0.29) is 37.0 Å². The van der Waals surface area contributed by atoms with Crippen molar-refractivity contribution >= 4 is 23.5 Å². The molecule has 1 saturated heterocycles. The van der Waals surface area contributed by atoms with Crippen LogP contribution in [0.3, 0.4) is 0 Å². The van der Waals surface area contributed by atoms with Crippen molar-refractivity contribution in [3.8, 4) is 5.75 Å². The maximum atomic E-state index is 12.5. The van der Waals surface area contributed by atoms with E-state index in [1.165, 1.54) is 11.3 Å². The van der Waals surface area contributed by atoms with E-state index in [1.54, 1.807) is 12.1 Å². The van der Waals surface area contributed by atoms with Crippen LogP contribution >= 0.6 is 11.6 Å². The van der Waals surface area contributed by atoms with Gasteiger partial charge in [0.25, 0.3) is 5.91 Å². The summed E-state index contributed by atoms with van der Waals surface area (Å²) >= 11 is 6.02. The zero-order valence-corrected chi connectivity index (χ0v) is 13.7. The summed E-state index contributed by atoms with van der Waals surface area (Å²) in [6, 6.07) is 6.48. The number of imide groups is 1. The molecule has 1 aromatic carbocycles. The number of amides is 3. The summed E-state index contributed by atoms with van der Waals surface area (Å²) in [5, 5.41) is 3.36. The van der Waals surface area contributed by atoms with E-state index >= 15 is 0 Å². The van der Waals surface area contributed by atoms with Crippen LogP contribution in [-0.2, 0) is 4.79 Å². The molecule has 1 unspecified atom stereocenters. The number of carbonyl (C=O) groups excluding carboxylic acids is 2. The molecule has 6 heteroatoms. The van der Waals surface area contributed by atoms with Crippen molar-refractivity contribution < 1.29 is 14.3 Å². The molecule has 0 aromatic heterocycles. The second-order valence-electron chi connectivity index (χ2n) is 6.09. The van der Waals surface area contributed by atoms with Crippen LogP contribution in [0, 0.1) is 5.92 Å². The zero-order chi connectivity index (χ0) is 16.2. The molecule has 5 nitrogen and oxygen atoms in total. The van der Waals surface area contributed by atoms with Gasteiger partial charge in [-0.2, -0.15) is 0 Å². The Morgan fingerprint density at radius 1 is 1.17 bits per heavy atom. The largest absolute Gasteiger partial charge is 0.490 e. The highest BCUT2D eigenvalue weighted by atomic mass is 35.5. The quantitative estimate of drug-likeness (QED) is 0.840. The molecular weight excluding hydrogens is 316 g/mol. The van der Waals surface area contributed by atoms with Gasteiger partial charge >= 0.3 is 6.03 Å². The molecular formula is C17H21ClN2O3. The highest BCUT2D eigenvalue weighted by molar-refractivity contribution is 6.32. The van der Waals surface area contributed by atoms with Crippen molar-refractivity contribution in [2.75, 3.05) is 13.2 Å². The molecule has 0 spiro atoms. The first kappa shape index (κ1) is 16.1. The number of nitrogens with one attached hydrogen (secondary N) is 1. The number of para-hydroxylation sites is 1. The van der Waals surface area contributed by atoms with Crippen molar-refractivity contribution in [2.45, 2.75) is 38.1 Å². The number of nitrogens with zero attached hydrogens (tertiary/aromatic N) is 1. The van der Waals surface area contributed by atoms with Gasteiger partial charge < -0.3 is 10.1 Å². The van der Waals surface area contributed by atoms with E-state index < -0.39 is 0 Å². The monoisotopic (exact) mass is 336 g/mol. The maximum Gasteiger partial charge on any atom is 0.324 e. The molecule has 1 atom stereocenters. The summed E-state index contributed by atoms with van der Waals surface area (Å²) in [6.07, 6.45) is 5.53. The van der Waals surface area contributed by atoms with Gasteiger partial charge in [0.05, 0.1) is 11.6 Å². The van der Waals surface area contributed by atoms with E-state index in [4.69, 9.17) is 16.3 Å². The first-order chi connectivity index (χ1) is 11.2. The van der Waals surface area contributed by atoms with Crippen LogP contribution in [0.4, 0.5) is 4.79 Å². The van der Waals surface area contributed by atoms with Crippen LogP contribution in [0.5, 0.6) is 5.75 Å². The van der Waals surface area contributed by atoms with Gasteiger partial charge in [0.15, 0.2) is 0 Å². The topological polar surface area (TPSA) is 58.6 Å². The van der Waals surface area contributed by atoms with Crippen LogP contribution in [0.25, 0.3) is 0 Å². The molecule has 1 aliphatic heterocycles. The molecule has 0 radical (unpaired) electrons. The van der Waals surface area contributed by atoms with Gasteiger partial charge in [-0.1, -0.05) is 43.0 Å². The van der Waals surface area contributed by atoms with E-state index in [1.807, 2.05) is 12.1 Å². The van der Waals surface area contributed by atoms with Crippen LogP contribution < -0.4 is 10.1 Å². The number of ether oxygens (including phenoxy) is 1. The van der Waals surface area contributed by atoms with Crippen LogP contribution in [0.2, 0.25) is 5.02 Å². The molecule has 1 aromatic rings. The standard InChI is InChI=1S/C17H21ClN2O3/c18-13-8-4-5-9-14(13)23-11-10-20-16(21)15(19-17(20)22)12-6-2-1-3-7-12/h4-5,8-9,12,15H,1-3,6-7,10-11H2,(H,19,22). The second kappa shape index (κ2) is 7.21. The predicted octanol–water partition coefficient (Wildman–Crippen LogP) is 3.22. The number of hydrogen-bond donors (Lipinski definition) is 1.